The van der Waals surface area contributed by atoms with Crippen LogP contribution in [0.25, 0.3) is 10.9 Å². The summed E-state index contributed by atoms with van der Waals surface area (Å²) in [6.07, 6.45) is 8.02. The van der Waals surface area contributed by atoms with Crippen molar-refractivity contribution in [2.24, 2.45) is 0 Å². The Morgan fingerprint density at radius 1 is 1.25 bits per heavy atom. The monoisotopic (exact) mass is 396 g/mol. The van der Waals surface area contributed by atoms with E-state index in [-0.39, 0.29) is 10.8 Å². The molecule has 0 N–H and O–H groups in total. The molecular weight excluding hydrogens is 372 g/mol. The Morgan fingerprint density at radius 3 is 2.86 bits per heavy atom. The van der Waals surface area contributed by atoms with Crippen molar-refractivity contribution in [3.05, 3.63) is 58.0 Å². The predicted octanol–water partition coefficient (Wildman–Crippen LogP) is 4.83. The van der Waals surface area contributed by atoms with Crippen molar-refractivity contribution < 1.29 is 4.42 Å². The fourth-order valence-corrected chi connectivity index (χ4v) is 4.47. The highest BCUT2D eigenvalue weighted by molar-refractivity contribution is 7.99. The second-order valence-corrected chi connectivity index (χ2v) is 8.45. The Hall–Kier alpha value is -2.41. The molecule has 1 aromatic carbocycles. The normalized spacial score (nSPS) is 15.6. The summed E-state index contributed by atoms with van der Waals surface area (Å²) in [7, 11) is 0. The second-order valence-electron chi connectivity index (χ2n) is 7.15. The Kier molecular flexibility index (Phi) is 5.62. The molecule has 0 amide bonds. The molecule has 2 heterocycles. The van der Waals surface area contributed by atoms with Gasteiger partial charge in [-0.05, 0) is 51.2 Å². The second kappa shape index (κ2) is 8.31. The van der Waals surface area contributed by atoms with Crippen molar-refractivity contribution in [1.29, 1.82) is 0 Å². The van der Waals surface area contributed by atoms with Crippen LogP contribution in [0, 0.1) is 6.92 Å². The zero-order valence-corrected chi connectivity index (χ0v) is 17.0. The number of hydrogen-bond acceptors (Lipinski definition) is 6. The SMILES string of the molecule is Cc1nnc([C@@H](C)Sc2nc3ccccc3c(=O)n2CCC2=CCCCC2)o1. The number of fused-ring (bicyclic) bond motifs is 1. The number of hydrogen-bond donors (Lipinski definition) is 0. The lowest BCUT2D eigenvalue weighted by molar-refractivity contribution is 0.469. The largest absolute Gasteiger partial charge is 0.424 e. The number of thioether (sulfide) groups is 1. The molecule has 4 rings (SSSR count). The minimum atomic E-state index is -0.0885. The van der Waals surface area contributed by atoms with Gasteiger partial charge in [0, 0.05) is 13.5 Å². The van der Waals surface area contributed by atoms with Crippen LogP contribution in [0.3, 0.4) is 0 Å². The maximum Gasteiger partial charge on any atom is 0.262 e. The molecule has 0 fully saturated rings. The minimum Gasteiger partial charge on any atom is -0.424 e. The molecule has 0 radical (unpaired) electrons. The first-order chi connectivity index (χ1) is 13.6. The summed E-state index contributed by atoms with van der Waals surface area (Å²) >= 11 is 1.49. The number of nitrogens with zero attached hydrogens (tertiary/aromatic N) is 4. The van der Waals surface area contributed by atoms with Crippen molar-refractivity contribution in [3.63, 3.8) is 0 Å². The van der Waals surface area contributed by atoms with Crippen molar-refractivity contribution in [1.82, 2.24) is 19.7 Å². The first-order valence-corrected chi connectivity index (χ1v) is 10.6. The standard InChI is InChI=1S/C21H24N4O2S/c1-14(19-24-23-15(2)27-19)28-21-22-18-11-7-6-10-17(18)20(26)25(21)13-12-16-8-4-3-5-9-16/h6-8,10-11,14H,3-5,9,12-13H2,1-2H3/t14-/m1/s1. The minimum absolute atomic E-state index is 0.0124. The zero-order chi connectivity index (χ0) is 19.5. The van der Waals surface area contributed by atoms with E-state index in [2.05, 4.69) is 16.3 Å². The van der Waals surface area contributed by atoms with Crippen LogP contribution in [0.4, 0.5) is 0 Å². The van der Waals surface area contributed by atoms with Gasteiger partial charge >= 0.3 is 0 Å². The van der Waals surface area contributed by atoms with E-state index in [1.165, 1.54) is 30.2 Å². The molecule has 0 bridgehead atoms. The first-order valence-electron chi connectivity index (χ1n) is 9.76. The number of para-hydroxylation sites is 1. The van der Waals surface area contributed by atoms with Crippen molar-refractivity contribution >= 4 is 22.7 Å². The smallest absolute Gasteiger partial charge is 0.262 e. The van der Waals surface area contributed by atoms with E-state index in [1.807, 2.05) is 35.8 Å². The van der Waals surface area contributed by atoms with E-state index in [0.717, 1.165) is 24.8 Å². The fraction of sp³-hybridized carbons (Fsp3) is 0.429. The van der Waals surface area contributed by atoms with Gasteiger partial charge in [-0.15, -0.1) is 10.2 Å². The maximum atomic E-state index is 13.2. The summed E-state index contributed by atoms with van der Waals surface area (Å²) in [6, 6.07) is 7.53. The number of benzene rings is 1. The quantitative estimate of drug-likeness (QED) is 0.337. The zero-order valence-electron chi connectivity index (χ0n) is 16.2. The summed E-state index contributed by atoms with van der Waals surface area (Å²) in [5.74, 6) is 1.09. The molecule has 1 atom stereocenters. The summed E-state index contributed by atoms with van der Waals surface area (Å²) in [5.41, 5.74) is 2.18. The van der Waals surface area contributed by atoms with Crippen LogP contribution in [0.15, 0.2) is 50.3 Å². The molecule has 7 heteroatoms. The van der Waals surface area contributed by atoms with Gasteiger partial charge in [-0.3, -0.25) is 9.36 Å². The van der Waals surface area contributed by atoms with Crippen LogP contribution in [0.5, 0.6) is 0 Å². The lowest BCUT2D eigenvalue weighted by Gasteiger charge is -2.17. The van der Waals surface area contributed by atoms with Gasteiger partial charge in [-0.25, -0.2) is 4.98 Å². The van der Waals surface area contributed by atoms with Crippen LogP contribution < -0.4 is 5.56 Å². The lowest BCUT2D eigenvalue weighted by atomic mass is 9.97. The Morgan fingerprint density at radius 2 is 2.11 bits per heavy atom. The number of rotatable bonds is 6. The molecule has 2 aromatic heterocycles. The average Bonchev–Trinajstić information content (AvgIpc) is 3.15. The molecule has 0 aliphatic heterocycles. The van der Waals surface area contributed by atoms with Crippen molar-refractivity contribution in [2.75, 3.05) is 0 Å². The van der Waals surface area contributed by atoms with E-state index in [4.69, 9.17) is 9.40 Å². The van der Waals surface area contributed by atoms with E-state index in [0.29, 0.717) is 28.9 Å². The van der Waals surface area contributed by atoms with Crippen LogP contribution in [0.1, 0.15) is 56.1 Å². The Labute approximate surface area is 168 Å². The highest BCUT2D eigenvalue weighted by Gasteiger charge is 2.19. The van der Waals surface area contributed by atoms with Crippen molar-refractivity contribution in [2.45, 2.75) is 62.9 Å². The molecule has 0 unspecified atom stereocenters. The van der Waals surface area contributed by atoms with Gasteiger partial charge in [-0.1, -0.05) is 35.5 Å². The third kappa shape index (κ3) is 4.04. The van der Waals surface area contributed by atoms with E-state index < -0.39 is 0 Å². The molecule has 28 heavy (non-hydrogen) atoms. The first kappa shape index (κ1) is 18.9. The Bertz CT molecular complexity index is 1070. The summed E-state index contributed by atoms with van der Waals surface area (Å²) in [5, 5.41) is 9.29. The van der Waals surface area contributed by atoms with Crippen LogP contribution in [0.2, 0.25) is 0 Å². The van der Waals surface area contributed by atoms with Gasteiger partial charge < -0.3 is 4.42 Å². The summed E-state index contributed by atoms with van der Waals surface area (Å²) in [4.78, 5) is 18.0. The predicted molar refractivity (Wildman–Crippen MR) is 110 cm³/mol. The van der Waals surface area contributed by atoms with Gasteiger partial charge in [0.2, 0.25) is 11.8 Å². The van der Waals surface area contributed by atoms with Gasteiger partial charge in [-0.2, -0.15) is 0 Å². The number of allylic oxidation sites excluding steroid dienone is 2. The van der Waals surface area contributed by atoms with E-state index >= 15 is 0 Å². The molecule has 1 aliphatic carbocycles. The van der Waals surface area contributed by atoms with Crippen LogP contribution in [-0.2, 0) is 6.54 Å². The topological polar surface area (TPSA) is 73.8 Å². The molecule has 0 saturated carbocycles. The lowest BCUT2D eigenvalue weighted by Crippen LogP contribution is -2.24. The highest BCUT2D eigenvalue weighted by Crippen LogP contribution is 2.33. The number of aromatic nitrogens is 4. The molecule has 146 valence electrons. The molecule has 6 nitrogen and oxygen atoms in total. The van der Waals surface area contributed by atoms with Crippen LogP contribution >= 0.6 is 11.8 Å². The average molecular weight is 397 g/mol. The maximum absolute atomic E-state index is 13.2. The molecule has 0 spiro atoms. The highest BCUT2D eigenvalue weighted by atomic mass is 32.2. The molecule has 1 aliphatic rings. The van der Waals surface area contributed by atoms with Gasteiger partial charge in [0.25, 0.3) is 5.56 Å². The van der Waals surface area contributed by atoms with Crippen molar-refractivity contribution in [3.8, 4) is 0 Å². The van der Waals surface area contributed by atoms with Gasteiger partial charge in [0.1, 0.15) is 0 Å². The summed E-state index contributed by atoms with van der Waals surface area (Å²) < 4.78 is 7.37. The Balaban J connectivity index is 1.68. The summed E-state index contributed by atoms with van der Waals surface area (Å²) in [6.45, 7) is 4.41. The fourth-order valence-electron chi connectivity index (χ4n) is 3.51. The molecular formula is C21H24N4O2S. The van der Waals surface area contributed by atoms with E-state index in [1.54, 1.807) is 6.92 Å². The van der Waals surface area contributed by atoms with Gasteiger partial charge in [0.05, 0.1) is 16.2 Å². The molecule has 3 aromatic rings. The third-order valence-electron chi connectivity index (χ3n) is 5.04. The number of aryl methyl sites for hydroxylation is 1. The van der Waals surface area contributed by atoms with E-state index in [9.17, 15) is 4.79 Å². The van der Waals surface area contributed by atoms with Gasteiger partial charge in [0.15, 0.2) is 5.16 Å². The van der Waals surface area contributed by atoms with Crippen LogP contribution in [-0.4, -0.2) is 19.7 Å². The molecule has 0 saturated heterocycles. The third-order valence-corrected chi connectivity index (χ3v) is 6.12.